The number of anilines is 1. The number of ether oxygens (including phenoxy) is 1. The smallest absolute Gasteiger partial charge is 0.407 e. The lowest BCUT2D eigenvalue weighted by molar-refractivity contribution is -0.133. The van der Waals surface area contributed by atoms with Gasteiger partial charge in [-0.2, -0.15) is 0 Å². The number of nitrogens with two attached hydrogens (primary N) is 1. The van der Waals surface area contributed by atoms with E-state index in [2.05, 4.69) is 85.7 Å². The molecule has 2 aliphatic carbocycles. The molecule has 0 spiro atoms. The fraction of sp³-hybridized carbons (Fsp3) is 0.473. The van der Waals surface area contributed by atoms with Gasteiger partial charge in [0.2, 0.25) is 35.4 Å². The molecule has 0 saturated carbocycles. The van der Waals surface area contributed by atoms with E-state index in [0.717, 1.165) is 34.2 Å². The van der Waals surface area contributed by atoms with Gasteiger partial charge in [0, 0.05) is 76.2 Å². The van der Waals surface area contributed by atoms with Crippen LogP contribution in [0.5, 0.6) is 0 Å². The number of nitrogens with one attached hydrogen (secondary N) is 9. The summed E-state index contributed by atoms with van der Waals surface area (Å²) >= 11 is 2.69. The van der Waals surface area contributed by atoms with Crippen LogP contribution in [0.15, 0.2) is 82.7 Å². The van der Waals surface area contributed by atoms with Crippen molar-refractivity contribution in [3.8, 4) is 0 Å². The minimum Gasteiger partial charge on any atom is -0.449 e. The normalized spacial score (nSPS) is 17.0. The molecule has 26 heteroatoms. The summed E-state index contributed by atoms with van der Waals surface area (Å²) in [5.41, 5.74) is 11.9. The van der Waals surface area contributed by atoms with Crippen molar-refractivity contribution in [1.82, 2.24) is 52.2 Å². The average molecular weight is 1150 g/mol. The molecule has 0 fully saturated rings. The first-order chi connectivity index (χ1) is 39.1. The fourth-order valence-corrected chi connectivity index (χ4v) is 11.7. The zero-order chi connectivity index (χ0) is 57.8. The molecule has 4 aromatic rings. The number of unbranched alkanes of at least 4 members (excludes halogenated alkanes) is 2. The highest BCUT2D eigenvalue weighted by atomic mass is 32.2. The number of hydrogen-bond donors (Lipinski definition) is 12. The van der Waals surface area contributed by atoms with Crippen LogP contribution >= 0.6 is 23.1 Å². The molecular weight excluding hydrogens is 1080 g/mol. The number of aromatic amines is 1. The van der Waals surface area contributed by atoms with Crippen LogP contribution in [0, 0.1) is 0 Å². The SMILES string of the molecule is CN=C(N)NCCC[C@H](NC(=O)OCC1C2=C(CCC=C2)c2ccccc21)C(=O)N[C@@H](Cc1cnc[nH]1)C(=O)N[C@@H](CCCCNC(C)=O)C(=O)N[C@@H](CCCCNC(C)=O)C(=O)Nc1ccc2nc(C3=N[C@@H](C(O)O)CS3)sc2c1. The molecule has 2 aromatic carbocycles. The van der Waals surface area contributed by atoms with E-state index in [1.807, 2.05) is 18.2 Å². The summed E-state index contributed by atoms with van der Waals surface area (Å²) in [7, 11) is 1.53. The lowest BCUT2D eigenvalue weighted by atomic mass is 9.93. The molecule has 1 unspecified atom stereocenters. The predicted molar refractivity (Wildman–Crippen MR) is 310 cm³/mol. The Bertz CT molecular complexity index is 3000. The van der Waals surface area contributed by atoms with E-state index in [1.54, 1.807) is 18.2 Å². The van der Waals surface area contributed by atoms with Crippen molar-refractivity contribution >= 4 is 97.1 Å². The van der Waals surface area contributed by atoms with Crippen molar-refractivity contribution in [2.45, 2.75) is 127 Å². The molecule has 81 heavy (non-hydrogen) atoms. The number of carbonyl (C=O) groups excluding carboxylic acids is 7. The summed E-state index contributed by atoms with van der Waals surface area (Å²) in [5.74, 6) is -2.78. The lowest BCUT2D eigenvalue weighted by Gasteiger charge is -2.27. The number of rotatable bonds is 29. The van der Waals surface area contributed by atoms with Gasteiger partial charge in [0.1, 0.15) is 46.9 Å². The van der Waals surface area contributed by atoms with Crippen LogP contribution < -0.4 is 48.3 Å². The number of imidazole rings is 1. The maximum absolute atomic E-state index is 14.7. The summed E-state index contributed by atoms with van der Waals surface area (Å²) in [6.07, 6.45) is 8.67. The second kappa shape index (κ2) is 30.2. The number of carbonyl (C=O) groups is 7. The Hall–Kier alpha value is -7.68. The number of hydrogen-bond acceptors (Lipinski definition) is 16. The van der Waals surface area contributed by atoms with E-state index in [4.69, 9.17) is 10.5 Å². The highest BCUT2D eigenvalue weighted by molar-refractivity contribution is 8.15. The van der Waals surface area contributed by atoms with Crippen LogP contribution in [-0.2, 0) is 39.9 Å². The molecule has 7 amide bonds. The number of benzene rings is 2. The quantitative estimate of drug-likeness (QED) is 0.0161. The van der Waals surface area contributed by atoms with Crippen LogP contribution in [0.2, 0.25) is 0 Å². The largest absolute Gasteiger partial charge is 0.449 e. The first-order valence-corrected chi connectivity index (χ1v) is 28.9. The van der Waals surface area contributed by atoms with Crippen molar-refractivity contribution in [1.29, 1.82) is 0 Å². The molecule has 3 heterocycles. The summed E-state index contributed by atoms with van der Waals surface area (Å²) in [6.45, 7) is 3.74. The van der Waals surface area contributed by atoms with Gasteiger partial charge in [-0.15, -0.1) is 23.1 Å². The van der Waals surface area contributed by atoms with Gasteiger partial charge < -0.3 is 68.2 Å². The Morgan fingerprint density at radius 2 is 1.47 bits per heavy atom. The zero-order valence-electron chi connectivity index (χ0n) is 45.5. The lowest BCUT2D eigenvalue weighted by Crippen LogP contribution is -2.58. The van der Waals surface area contributed by atoms with Crippen LogP contribution in [0.4, 0.5) is 10.5 Å². The van der Waals surface area contributed by atoms with E-state index >= 15 is 0 Å². The van der Waals surface area contributed by atoms with E-state index < -0.39 is 66.2 Å². The number of aliphatic hydroxyl groups excluding tert-OH is 1. The van der Waals surface area contributed by atoms with Crippen molar-refractivity contribution in [3.63, 3.8) is 0 Å². The van der Waals surface area contributed by atoms with Crippen molar-refractivity contribution in [2.75, 3.05) is 44.4 Å². The number of alkyl carbamates (subject to hydrolysis) is 1. The fourth-order valence-electron chi connectivity index (χ4n) is 9.57. The van der Waals surface area contributed by atoms with Gasteiger partial charge in [0.25, 0.3) is 0 Å². The third kappa shape index (κ3) is 17.9. The Kier molecular flexibility index (Phi) is 22.7. The first kappa shape index (κ1) is 61.0. The van der Waals surface area contributed by atoms with Crippen LogP contribution in [0.1, 0.15) is 106 Å². The summed E-state index contributed by atoms with van der Waals surface area (Å²) in [6, 6.07) is 7.59. The number of guanidine groups is 1. The Labute approximate surface area is 477 Å². The molecule has 6 atom stereocenters. The van der Waals surface area contributed by atoms with Gasteiger partial charge in [-0.25, -0.2) is 14.8 Å². The second-order valence-corrected chi connectivity index (χ2v) is 21.9. The third-order valence-electron chi connectivity index (χ3n) is 13.8. The minimum absolute atomic E-state index is 0.0187. The monoisotopic (exact) mass is 1150 g/mol. The predicted octanol–water partition coefficient (Wildman–Crippen LogP) is 2.75. The molecule has 13 N–H and O–H groups in total. The molecule has 7 rings (SSSR count). The zero-order valence-corrected chi connectivity index (χ0v) is 47.2. The van der Waals surface area contributed by atoms with Crippen LogP contribution in [0.3, 0.4) is 0 Å². The van der Waals surface area contributed by atoms with Crippen LogP contribution in [-0.4, -0.2) is 153 Å². The van der Waals surface area contributed by atoms with Gasteiger partial charge in [0.15, 0.2) is 12.2 Å². The number of amides is 7. The highest BCUT2D eigenvalue weighted by Gasteiger charge is 2.35. The number of H-pyrrole nitrogens is 1. The number of aromatic nitrogens is 3. The molecule has 0 saturated heterocycles. The Balaban J connectivity index is 1.08. The molecular formula is C55H72N14O10S2. The van der Waals surface area contributed by atoms with E-state index in [-0.39, 0.29) is 56.0 Å². The number of thioether (sulfide) groups is 1. The molecule has 2 aromatic heterocycles. The minimum atomic E-state index is -1.59. The van der Waals surface area contributed by atoms with Crippen LogP contribution in [0.25, 0.3) is 15.8 Å². The van der Waals surface area contributed by atoms with E-state index in [1.165, 1.54) is 62.1 Å². The number of nitrogens with zero attached hydrogens (tertiary/aromatic N) is 4. The number of thiazole rings is 1. The molecule has 0 radical (unpaired) electrons. The number of aliphatic hydroxyl groups is 2. The van der Waals surface area contributed by atoms with Gasteiger partial charge in [-0.1, -0.05) is 36.4 Å². The van der Waals surface area contributed by atoms with Crippen molar-refractivity contribution in [3.05, 3.63) is 94.5 Å². The molecule has 0 bridgehead atoms. The maximum atomic E-state index is 14.7. The summed E-state index contributed by atoms with van der Waals surface area (Å²) in [4.78, 5) is 115. The standard InChI is InChI=1S/C55H72N14O10S2/c1-31(70)59-22-10-8-17-41(47(72)63-33-20-21-40-46(26-33)81-52(67-40)51-68-45(29-80-51)53(76)77)64-48(73)42(18-9-11-23-60-32(2)71)65-50(75)44(25-34-27-58-30-62-34)66-49(74)43(19-12-24-61-54(56)57-3)69-55(78)79-28-39-37-15-6-4-13-35(37)36-14-5-7-16-38(36)39/h4,6-7,13,15-16,20-21,26-27,30,39,41-45,53,76-77H,5,8-12,14,17-19,22-25,28-29H2,1-3H3,(H,58,62)(H,59,70)(H,60,71)(H,63,72)(H,64,73)(H,65,75)(H,66,74)(H,69,78)(H3,56,57,61)/t39?,41-,42-,43-,44-,45+/m0/s1. The van der Waals surface area contributed by atoms with E-state index in [0.29, 0.717) is 84.4 Å². The summed E-state index contributed by atoms with van der Waals surface area (Å²) < 4.78 is 6.57. The first-order valence-electron chi connectivity index (χ1n) is 27.1. The van der Waals surface area contributed by atoms with Gasteiger partial charge in [-0.3, -0.25) is 38.8 Å². The van der Waals surface area contributed by atoms with Crippen molar-refractivity contribution in [2.24, 2.45) is 15.7 Å². The number of allylic oxidation sites excluding steroid dienone is 3. The molecule has 434 valence electrons. The third-order valence-corrected chi connectivity index (χ3v) is 16.0. The average Bonchev–Trinajstić information content (AvgIpc) is 4.11. The van der Waals surface area contributed by atoms with Gasteiger partial charge >= 0.3 is 6.09 Å². The van der Waals surface area contributed by atoms with E-state index in [9.17, 15) is 43.8 Å². The summed E-state index contributed by atoms with van der Waals surface area (Å²) in [5, 5.41) is 43.0. The molecule has 1 aliphatic heterocycles. The number of aliphatic imine (C=N–C) groups is 2. The Morgan fingerprint density at radius 3 is 2.14 bits per heavy atom. The van der Waals surface area contributed by atoms with Gasteiger partial charge in [0.05, 0.1) is 16.5 Å². The van der Waals surface area contributed by atoms with Gasteiger partial charge in [-0.05, 0) is 105 Å². The Morgan fingerprint density at radius 1 is 0.815 bits per heavy atom. The second-order valence-electron chi connectivity index (χ2n) is 19.8. The topological polar surface area (TPSA) is 358 Å². The number of fused-ring (bicyclic) bond motifs is 3. The maximum Gasteiger partial charge on any atom is 0.407 e. The highest BCUT2D eigenvalue weighted by Crippen LogP contribution is 2.46. The molecule has 24 nitrogen and oxygen atoms in total. The van der Waals surface area contributed by atoms with Crippen molar-refractivity contribution < 1.29 is 48.5 Å². The molecule has 3 aliphatic rings.